The highest BCUT2D eigenvalue weighted by Crippen LogP contribution is 2.20. The van der Waals surface area contributed by atoms with E-state index in [4.69, 9.17) is 17.3 Å². The number of piperidine rings is 1. The number of nitrogens with two attached hydrogens (primary N) is 1. The first-order valence-corrected chi connectivity index (χ1v) is 7.32. The second-order valence-electron chi connectivity index (χ2n) is 4.60. The molecule has 3 N–H and O–H groups in total. The minimum Gasteiger partial charge on any atom is -0.350 e. The number of thiophene rings is 1. The van der Waals surface area contributed by atoms with E-state index in [0.717, 1.165) is 35.1 Å². The number of hydrogen-bond acceptors (Lipinski definition) is 4. The van der Waals surface area contributed by atoms with Gasteiger partial charge in [-0.1, -0.05) is 11.6 Å². The zero-order valence-corrected chi connectivity index (χ0v) is 11.8. The molecule has 0 radical (unpaired) electrons. The summed E-state index contributed by atoms with van der Waals surface area (Å²) < 4.78 is 0.754. The Hall–Kier alpha value is -0.620. The summed E-state index contributed by atoms with van der Waals surface area (Å²) in [6.45, 7) is 2.86. The molecule has 6 heteroatoms. The summed E-state index contributed by atoms with van der Waals surface area (Å²) in [7, 11) is 0. The third-order valence-electron chi connectivity index (χ3n) is 3.09. The standard InChI is InChI=1S/C12H18ClN3OS/c13-11-2-1-10(18-11)7-15-12(17)8-16-5-3-9(14)4-6-16/h1-2,9H,3-8,14H2,(H,15,17). The van der Waals surface area contributed by atoms with Crippen LogP contribution in [-0.2, 0) is 11.3 Å². The highest BCUT2D eigenvalue weighted by molar-refractivity contribution is 7.16. The van der Waals surface area contributed by atoms with Crippen LogP contribution in [0.1, 0.15) is 17.7 Å². The van der Waals surface area contributed by atoms with Gasteiger partial charge in [-0.15, -0.1) is 11.3 Å². The van der Waals surface area contributed by atoms with Crippen LogP contribution in [0.3, 0.4) is 0 Å². The SMILES string of the molecule is NC1CCN(CC(=O)NCc2ccc(Cl)s2)CC1. The lowest BCUT2D eigenvalue weighted by atomic mass is 10.1. The zero-order chi connectivity index (χ0) is 13.0. The van der Waals surface area contributed by atoms with Crippen molar-refractivity contribution >= 4 is 28.8 Å². The number of nitrogens with one attached hydrogen (secondary N) is 1. The van der Waals surface area contributed by atoms with Gasteiger partial charge in [-0.05, 0) is 25.0 Å². The molecule has 0 aliphatic carbocycles. The van der Waals surface area contributed by atoms with Crippen LogP contribution in [0, 0.1) is 0 Å². The number of rotatable bonds is 4. The Morgan fingerprint density at radius 2 is 2.22 bits per heavy atom. The summed E-state index contributed by atoms with van der Waals surface area (Å²) in [6, 6.07) is 4.09. The van der Waals surface area contributed by atoms with Crippen molar-refractivity contribution in [1.82, 2.24) is 10.2 Å². The normalized spacial score (nSPS) is 17.9. The van der Waals surface area contributed by atoms with Crippen molar-refractivity contribution in [3.05, 3.63) is 21.3 Å². The van der Waals surface area contributed by atoms with E-state index >= 15 is 0 Å². The molecule has 1 amide bonds. The van der Waals surface area contributed by atoms with E-state index in [-0.39, 0.29) is 5.91 Å². The van der Waals surface area contributed by atoms with Crippen molar-refractivity contribution in [3.8, 4) is 0 Å². The number of carbonyl (C=O) groups excluding carboxylic acids is 1. The Morgan fingerprint density at radius 3 is 2.83 bits per heavy atom. The van der Waals surface area contributed by atoms with Crippen LogP contribution in [-0.4, -0.2) is 36.5 Å². The first-order chi connectivity index (χ1) is 8.63. The van der Waals surface area contributed by atoms with E-state index in [1.165, 1.54) is 11.3 Å². The van der Waals surface area contributed by atoms with Gasteiger partial charge in [0.1, 0.15) is 0 Å². The van der Waals surface area contributed by atoms with Crippen LogP contribution in [0.4, 0.5) is 0 Å². The lowest BCUT2D eigenvalue weighted by Crippen LogP contribution is -2.44. The highest BCUT2D eigenvalue weighted by atomic mass is 35.5. The Bertz CT molecular complexity index is 402. The fourth-order valence-corrected chi connectivity index (χ4v) is 3.03. The van der Waals surface area contributed by atoms with Crippen molar-refractivity contribution < 1.29 is 4.79 Å². The Labute approximate surface area is 116 Å². The fraction of sp³-hybridized carbons (Fsp3) is 0.583. The molecule has 2 heterocycles. The molecule has 0 aromatic carbocycles. The van der Waals surface area contributed by atoms with Gasteiger partial charge in [-0.2, -0.15) is 0 Å². The summed E-state index contributed by atoms with van der Waals surface area (Å²) in [4.78, 5) is 15.0. The minimum absolute atomic E-state index is 0.0648. The average Bonchev–Trinajstić information content (AvgIpc) is 2.76. The fourth-order valence-electron chi connectivity index (χ4n) is 2.00. The molecule has 1 aromatic rings. The molecule has 1 aliphatic rings. The van der Waals surface area contributed by atoms with Gasteiger partial charge in [-0.25, -0.2) is 0 Å². The van der Waals surface area contributed by atoms with Crippen LogP contribution >= 0.6 is 22.9 Å². The molecule has 1 aliphatic heterocycles. The molecule has 2 rings (SSSR count). The Balaban J connectivity index is 1.69. The van der Waals surface area contributed by atoms with Crippen LogP contribution in [0.5, 0.6) is 0 Å². The van der Waals surface area contributed by atoms with Gasteiger partial charge in [0.2, 0.25) is 5.91 Å². The van der Waals surface area contributed by atoms with Gasteiger partial charge in [0, 0.05) is 24.0 Å². The van der Waals surface area contributed by atoms with Gasteiger partial charge < -0.3 is 11.1 Å². The lowest BCUT2D eigenvalue weighted by Gasteiger charge is -2.29. The van der Waals surface area contributed by atoms with Crippen LogP contribution in [0.25, 0.3) is 0 Å². The summed E-state index contributed by atoms with van der Waals surface area (Å²) in [6.07, 6.45) is 1.96. The summed E-state index contributed by atoms with van der Waals surface area (Å²) >= 11 is 7.33. The molecular formula is C12H18ClN3OS. The summed E-state index contributed by atoms with van der Waals surface area (Å²) in [5.41, 5.74) is 5.83. The van der Waals surface area contributed by atoms with Crippen molar-refractivity contribution in [2.24, 2.45) is 5.73 Å². The van der Waals surface area contributed by atoms with E-state index in [0.29, 0.717) is 19.1 Å². The number of hydrogen-bond donors (Lipinski definition) is 2. The van der Waals surface area contributed by atoms with Gasteiger partial charge in [0.25, 0.3) is 0 Å². The van der Waals surface area contributed by atoms with Crippen LogP contribution in [0.15, 0.2) is 12.1 Å². The van der Waals surface area contributed by atoms with Crippen molar-refractivity contribution in [1.29, 1.82) is 0 Å². The zero-order valence-electron chi connectivity index (χ0n) is 10.2. The summed E-state index contributed by atoms with van der Waals surface area (Å²) in [5.74, 6) is 0.0648. The maximum absolute atomic E-state index is 11.8. The maximum Gasteiger partial charge on any atom is 0.234 e. The molecule has 0 saturated carbocycles. The van der Waals surface area contributed by atoms with Crippen molar-refractivity contribution in [3.63, 3.8) is 0 Å². The molecule has 0 bridgehead atoms. The molecule has 0 spiro atoms. The molecule has 1 aromatic heterocycles. The molecule has 0 unspecified atom stereocenters. The van der Waals surface area contributed by atoms with E-state index in [1.54, 1.807) is 0 Å². The number of likely N-dealkylation sites (tertiary alicyclic amines) is 1. The number of carbonyl (C=O) groups is 1. The molecule has 100 valence electrons. The molecule has 4 nitrogen and oxygen atoms in total. The third kappa shape index (κ3) is 4.24. The van der Waals surface area contributed by atoms with Crippen molar-refractivity contribution in [2.45, 2.75) is 25.4 Å². The van der Waals surface area contributed by atoms with Gasteiger partial charge in [-0.3, -0.25) is 9.69 Å². The number of nitrogens with zero attached hydrogens (tertiary/aromatic N) is 1. The molecule has 0 atom stereocenters. The summed E-state index contributed by atoms with van der Waals surface area (Å²) in [5, 5.41) is 2.91. The van der Waals surface area contributed by atoms with E-state index in [9.17, 15) is 4.79 Å². The third-order valence-corrected chi connectivity index (χ3v) is 4.32. The van der Waals surface area contributed by atoms with Gasteiger partial charge >= 0.3 is 0 Å². The largest absolute Gasteiger partial charge is 0.350 e. The smallest absolute Gasteiger partial charge is 0.234 e. The molecule has 1 fully saturated rings. The minimum atomic E-state index is 0.0648. The first kappa shape index (κ1) is 13.8. The molecule has 18 heavy (non-hydrogen) atoms. The van der Waals surface area contributed by atoms with Crippen LogP contribution in [0.2, 0.25) is 4.34 Å². The van der Waals surface area contributed by atoms with Gasteiger partial charge in [0.15, 0.2) is 0 Å². The van der Waals surface area contributed by atoms with E-state index in [2.05, 4.69) is 10.2 Å². The Kier molecular flexibility index (Phi) is 5.00. The van der Waals surface area contributed by atoms with Crippen LogP contribution < -0.4 is 11.1 Å². The highest BCUT2D eigenvalue weighted by Gasteiger charge is 2.17. The number of halogens is 1. The van der Waals surface area contributed by atoms with E-state index in [1.807, 2.05) is 12.1 Å². The monoisotopic (exact) mass is 287 g/mol. The maximum atomic E-state index is 11.8. The predicted molar refractivity (Wildman–Crippen MR) is 74.8 cm³/mol. The molecular weight excluding hydrogens is 270 g/mol. The molecule has 1 saturated heterocycles. The topological polar surface area (TPSA) is 58.4 Å². The second kappa shape index (κ2) is 6.52. The number of amides is 1. The predicted octanol–water partition coefficient (Wildman–Crippen LogP) is 1.44. The quantitative estimate of drug-likeness (QED) is 0.881. The first-order valence-electron chi connectivity index (χ1n) is 6.12. The Morgan fingerprint density at radius 1 is 1.50 bits per heavy atom. The average molecular weight is 288 g/mol. The second-order valence-corrected chi connectivity index (χ2v) is 6.40. The lowest BCUT2D eigenvalue weighted by molar-refractivity contribution is -0.122. The van der Waals surface area contributed by atoms with E-state index < -0.39 is 0 Å². The van der Waals surface area contributed by atoms with Gasteiger partial charge in [0.05, 0.1) is 17.4 Å². The van der Waals surface area contributed by atoms with Crippen molar-refractivity contribution in [2.75, 3.05) is 19.6 Å².